The fourth-order valence-corrected chi connectivity index (χ4v) is 3.23. The third-order valence-corrected chi connectivity index (χ3v) is 4.58. The average molecular weight is 307 g/mol. The second kappa shape index (κ2) is 7.57. The highest BCUT2D eigenvalue weighted by atomic mass is 32.1. The number of hydrogen-bond donors (Lipinski definition) is 1. The molecule has 0 fully saturated rings. The van der Waals surface area contributed by atoms with Crippen molar-refractivity contribution in [2.45, 2.75) is 32.7 Å². The molecular weight excluding hydrogens is 285 g/mol. The predicted molar refractivity (Wildman–Crippen MR) is 86.7 cm³/mol. The van der Waals surface area contributed by atoms with E-state index in [1.54, 1.807) is 24.5 Å². The molecule has 0 bridgehead atoms. The smallest absolute Gasteiger partial charge is 0.129 e. The third-order valence-electron chi connectivity index (χ3n) is 3.55. The quantitative estimate of drug-likeness (QED) is 0.814. The highest BCUT2D eigenvalue weighted by Gasteiger charge is 2.16. The normalized spacial score (nSPS) is 12.4. The van der Waals surface area contributed by atoms with Crippen molar-refractivity contribution in [2.24, 2.45) is 0 Å². The lowest BCUT2D eigenvalue weighted by Crippen LogP contribution is -2.23. The Hall–Kier alpha value is -1.39. The molecule has 114 valence electrons. The summed E-state index contributed by atoms with van der Waals surface area (Å²) in [5, 5.41) is 5.56. The molecule has 2 rings (SSSR count). The van der Waals surface area contributed by atoms with Crippen LogP contribution in [0.2, 0.25) is 0 Å². The van der Waals surface area contributed by atoms with E-state index >= 15 is 0 Å². The summed E-state index contributed by atoms with van der Waals surface area (Å²) in [5.41, 5.74) is 2.18. The van der Waals surface area contributed by atoms with E-state index in [9.17, 15) is 4.39 Å². The zero-order valence-electron chi connectivity index (χ0n) is 12.8. The number of ether oxygens (including phenoxy) is 1. The molecule has 2 aromatic rings. The molecule has 0 radical (unpaired) electrons. The molecule has 4 heteroatoms. The van der Waals surface area contributed by atoms with Crippen LogP contribution in [0.25, 0.3) is 0 Å². The van der Waals surface area contributed by atoms with Gasteiger partial charge in [0.15, 0.2) is 0 Å². The summed E-state index contributed by atoms with van der Waals surface area (Å²) >= 11 is 1.68. The lowest BCUT2D eigenvalue weighted by molar-refractivity contribution is 0.415. The first-order chi connectivity index (χ1) is 10.1. The molecule has 0 aliphatic heterocycles. The summed E-state index contributed by atoms with van der Waals surface area (Å²) in [5.74, 6) is 0.711. The molecule has 0 saturated carbocycles. The molecule has 21 heavy (non-hydrogen) atoms. The van der Waals surface area contributed by atoms with E-state index in [4.69, 9.17) is 4.74 Å². The number of aryl methyl sites for hydroxylation is 1. The van der Waals surface area contributed by atoms with E-state index in [2.05, 4.69) is 18.3 Å². The number of thiophene rings is 1. The number of methoxy groups -OCH3 is 1. The summed E-state index contributed by atoms with van der Waals surface area (Å²) < 4.78 is 18.7. The molecule has 2 nitrogen and oxygen atoms in total. The van der Waals surface area contributed by atoms with Crippen LogP contribution < -0.4 is 10.1 Å². The number of halogens is 1. The van der Waals surface area contributed by atoms with Gasteiger partial charge >= 0.3 is 0 Å². The largest absolute Gasteiger partial charge is 0.496 e. The Morgan fingerprint density at radius 3 is 2.81 bits per heavy atom. The summed E-state index contributed by atoms with van der Waals surface area (Å²) in [4.78, 5) is 1.23. The summed E-state index contributed by atoms with van der Waals surface area (Å²) in [6.45, 7) is 5.12. The fourth-order valence-electron chi connectivity index (χ4n) is 2.30. The molecule has 0 amide bonds. The minimum atomic E-state index is -0.173. The van der Waals surface area contributed by atoms with Gasteiger partial charge in [-0.2, -0.15) is 0 Å². The van der Waals surface area contributed by atoms with Gasteiger partial charge in [0.25, 0.3) is 0 Å². The van der Waals surface area contributed by atoms with Gasteiger partial charge in [0.1, 0.15) is 11.6 Å². The summed E-state index contributed by atoms with van der Waals surface area (Å²) in [6.07, 6.45) is 1.86. The Morgan fingerprint density at radius 2 is 2.14 bits per heavy atom. The van der Waals surface area contributed by atoms with Crippen LogP contribution in [-0.2, 0) is 6.42 Å². The van der Waals surface area contributed by atoms with Gasteiger partial charge in [-0.25, -0.2) is 4.39 Å². The number of rotatable bonds is 7. The molecule has 0 spiro atoms. The maximum absolute atomic E-state index is 13.5. The van der Waals surface area contributed by atoms with Gasteiger partial charge in [0, 0.05) is 16.3 Å². The van der Waals surface area contributed by atoms with Crippen LogP contribution in [0.5, 0.6) is 5.75 Å². The van der Waals surface area contributed by atoms with E-state index < -0.39 is 0 Å². The first-order valence-corrected chi connectivity index (χ1v) is 8.12. The highest BCUT2D eigenvalue weighted by molar-refractivity contribution is 7.10. The van der Waals surface area contributed by atoms with Crippen molar-refractivity contribution in [3.05, 3.63) is 51.5 Å². The van der Waals surface area contributed by atoms with Crippen molar-refractivity contribution in [2.75, 3.05) is 13.7 Å². The summed E-state index contributed by atoms with van der Waals surface area (Å²) in [7, 11) is 1.68. The minimum absolute atomic E-state index is 0.173. The van der Waals surface area contributed by atoms with Crippen molar-refractivity contribution in [3.8, 4) is 5.75 Å². The molecule has 1 atom stereocenters. The topological polar surface area (TPSA) is 21.3 Å². The molecule has 1 N–H and O–H groups in total. The van der Waals surface area contributed by atoms with E-state index in [0.717, 1.165) is 36.3 Å². The molecule has 1 heterocycles. The molecule has 0 aliphatic carbocycles. The zero-order valence-corrected chi connectivity index (χ0v) is 13.6. The van der Waals surface area contributed by atoms with Crippen molar-refractivity contribution < 1.29 is 9.13 Å². The molecular formula is C17H22FNOS. The molecule has 0 saturated heterocycles. The second-order valence-corrected chi connectivity index (χ2v) is 6.11. The standard InChI is InChI=1S/C17H22FNOS/c1-4-7-19-16(17-10-15(20-3)11-21-17)9-13-8-14(18)6-5-12(13)2/h5-6,8,10-11,16,19H,4,7,9H2,1-3H3. The van der Waals surface area contributed by atoms with E-state index in [1.807, 2.05) is 18.4 Å². The Kier molecular flexibility index (Phi) is 5.76. The number of benzene rings is 1. The van der Waals surface area contributed by atoms with Crippen molar-refractivity contribution >= 4 is 11.3 Å². The van der Waals surface area contributed by atoms with Crippen LogP contribution in [0.15, 0.2) is 29.6 Å². The monoisotopic (exact) mass is 307 g/mol. The minimum Gasteiger partial charge on any atom is -0.496 e. The highest BCUT2D eigenvalue weighted by Crippen LogP contribution is 2.29. The third kappa shape index (κ3) is 4.29. The first kappa shape index (κ1) is 16.0. The second-order valence-electron chi connectivity index (χ2n) is 5.17. The van der Waals surface area contributed by atoms with E-state index in [-0.39, 0.29) is 11.9 Å². The van der Waals surface area contributed by atoms with Gasteiger partial charge in [-0.15, -0.1) is 11.3 Å². The first-order valence-electron chi connectivity index (χ1n) is 7.25. The summed E-state index contributed by atoms with van der Waals surface area (Å²) in [6, 6.07) is 7.25. The van der Waals surface area contributed by atoms with Crippen molar-refractivity contribution in [3.63, 3.8) is 0 Å². The van der Waals surface area contributed by atoms with Crippen molar-refractivity contribution in [1.82, 2.24) is 5.32 Å². The molecule has 1 unspecified atom stereocenters. The van der Waals surface area contributed by atoms with E-state index in [0.29, 0.717) is 0 Å². The Morgan fingerprint density at radius 1 is 1.33 bits per heavy atom. The van der Waals surface area contributed by atoms with Crippen LogP contribution in [0.1, 0.15) is 35.4 Å². The van der Waals surface area contributed by atoms with Gasteiger partial charge in [-0.3, -0.25) is 0 Å². The SMILES string of the molecule is CCCNC(Cc1cc(F)ccc1C)c1cc(OC)cs1. The maximum atomic E-state index is 13.5. The van der Waals surface area contributed by atoms with Crippen LogP contribution in [0.3, 0.4) is 0 Å². The van der Waals surface area contributed by atoms with Gasteiger partial charge in [0.2, 0.25) is 0 Å². The fraction of sp³-hybridized carbons (Fsp3) is 0.412. The van der Waals surface area contributed by atoms with Gasteiger partial charge in [-0.05, 0) is 55.6 Å². The van der Waals surface area contributed by atoms with Crippen molar-refractivity contribution in [1.29, 1.82) is 0 Å². The molecule has 1 aromatic heterocycles. The lowest BCUT2D eigenvalue weighted by atomic mass is 10.00. The predicted octanol–water partition coefficient (Wildman–Crippen LogP) is 4.49. The maximum Gasteiger partial charge on any atom is 0.129 e. The number of hydrogen-bond acceptors (Lipinski definition) is 3. The van der Waals surface area contributed by atoms with Crippen LogP contribution in [0.4, 0.5) is 4.39 Å². The Balaban J connectivity index is 2.21. The lowest BCUT2D eigenvalue weighted by Gasteiger charge is -2.18. The van der Waals surface area contributed by atoms with Crippen LogP contribution >= 0.6 is 11.3 Å². The van der Waals surface area contributed by atoms with Gasteiger partial charge in [0.05, 0.1) is 7.11 Å². The van der Waals surface area contributed by atoms with Gasteiger partial charge in [-0.1, -0.05) is 13.0 Å². The molecule has 0 aliphatic rings. The average Bonchev–Trinajstić information content (AvgIpc) is 2.95. The van der Waals surface area contributed by atoms with Crippen LogP contribution in [-0.4, -0.2) is 13.7 Å². The molecule has 1 aromatic carbocycles. The van der Waals surface area contributed by atoms with E-state index in [1.165, 1.54) is 10.9 Å². The Labute approximate surface area is 130 Å². The van der Waals surface area contributed by atoms with Crippen LogP contribution in [0, 0.1) is 12.7 Å². The number of nitrogens with one attached hydrogen (secondary N) is 1. The Bertz CT molecular complexity index is 582. The van der Waals surface area contributed by atoms with Gasteiger partial charge < -0.3 is 10.1 Å². The zero-order chi connectivity index (χ0) is 15.2.